The third kappa shape index (κ3) is 3.58. The molecular weight excluding hydrogens is 218 g/mol. The van der Waals surface area contributed by atoms with Crippen LogP contribution in [0.3, 0.4) is 0 Å². The number of halogens is 1. The van der Waals surface area contributed by atoms with E-state index in [1.54, 1.807) is 12.1 Å². The molecule has 0 spiro atoms. The molecule has 1 unspecified atom stereocenters. The Morgan fingerprint density at radius 1 is 1.47 bits per heavy atom. The molecule has 0 saturated carbocycles. The lowest BCUT2D eigenvalue weighted by Crippen LogP contribution is -2.12. The van der Waals surface area contributed by atoms with Gasteiger partial charge in [-0.05, 0) is 12.5 Å². The van der Waals surface area contributed by atoms with Crippen LogP contribution in [0, 0.1) is 0 Å². The molecule has 15 heavy (non-hydrogen) atoms. The molecule has 0 aromatic heterocycles. The van der Waals surface area contributed by atoms with E-state index in [2.05, 4.69) is 0 Å². The highest BCUT2D eigenvalue weighted by molar-refractivity contribution is 5.85. The number of rotatable bonds is 4. The molecule has 0 saturated heterocycles. The van der Waals surface area contributed by atoms with Crippen molar-refractivity contribution in [3.63, 3.8) is 0 Å². The van der Waals surface area contributed by atoms with Gasteiger partial charge in [-0.15, -0.1) is 12.4 Å². The molecule has 5 heteroatoms. The number of phenols is 1. The Hall–Kier alpha value is -0.970. The Balaban J connectivity index is 0.00000196. The highest BCUT2D eigenvalue weighted by Gasteiger charge is 2.11. The molecule has 0 radical (unpaired) electrons. The second-order valence-corrected chi connectivity index (χ2v) is 3.05. The predicted octanol–water partition coefficient (Wildman–Crippen LogP) is 1.20. The van der Waals surface area contributed by atoms with Crippen molar-refractivity contribution >= 4 is 12.4 Å². The van der Waals surface area contributed by atoms with E-state index >= 15 is 0 Å². The molecule has 0 aliphatic carbocycles. The highest BCUT2D eigenvalue weighted by atomic mass is 35.5. The molecule has 1 rings (SSSR count). The van der Waals surface area contributed by atoms with Gasteiger partial charge >= 0.3 is 0 Å². The fourth-order valence-corrected chi connectivity index (χ4v) is 1.30. The van der Waals surface area contributed by atoms with Crippen molar-refractivity contribution in [1.29, 1.82) is 0 Å². The molecule has 0 bridgehead atoms. The highest BCUT2D eigenvalue weighted by Crippen LogP contribution is 2.28. The fourth-order valence-electron chi connectivity index (χ4n) is 1.30. The number of aliphatic hydroxyl groups excluding tert-OH is 1. The lowest BCUT2D eigenvalue weighted by molar-refractivity contribution is 0.275. The second-order valence-electron chi connectivity index (χ2n) is 3.05. The Kier molecular flexibility index (Phi) is 6.08. The van der Waals surface area contributed by atoms with Crippen molar-refractivity contribution in [3.05, 3.63) is 23.8 Å². The van der Waals surface area contributed by atoms with Gasteiger partial charge < -0.3 is 20.7 Å². The molecule has 0 aliphatic rings. The summed E-state index contributed by atoms with van der Waals surface area (Å²) in [5.74, 6) is 0.688. The van der Waals surface area contributed by atoms with Crippen LogP contribution in [0.2, 0.25) is 0 Å². The first-order valence-corrected chi connectivity index (χ1v) is 4.42. The van der Waals surface area contributed by atoms with Gasteiger partial charge in [0.15, 0.2) is 0 Å². The zero-order valence-electron chi connectivity index (χ0n) is 8.51. The van der Waals surface area contributed by atoms with E-state index < -0.39 is 0 Å². The Morgan fingerprint density at radius 2 is 2.13 bits per heavy atom. The predicted molar refractivity (Wildman–Crippen MR) is 60.5 cm³/mol. The molecule has 86 valence electrons. The topological polar surface area (TPSA) is 75.7 Å². The molecule has 1 aromatic carbocycles. The summed E-state index contributed by atoms with van der Waals surface area (Å²) in [5, 5.41) is 18.0. The van der Waals surface area contributed by atoms with Gasteiger partial charge in [0.05, 0.1) is 7.11 Å². The van der Waals surface area contributed by atoms with Gasteiger partial charge in [0, 0.05) is 24.3 Å². The van der Waals surface area contributed by atoms with Crippen molar-refractivity contribution < 1.29 is 14.9 Å². The lowest BCUT2D eigenvalue weighted by atomic mass is 10.0. The molecule has 0 aliphatic heterocycles. The summed E-state index contributed by atoms with van der Waals surface area (Å²) in [6.45, 7) is 0.0329. The first kappa shape index (κ1) is 14.0. The molecule has 0 amide bonds. The van der Waals surface area contributed by atoms with E-state index in [0.29, 0.717) is 12.2 Å². The van der Waals surface area contributed by atoms with Gasteiger partial charge in [0.25, 0.3) is 0 Å². The van der Waals surface area contributed by atoms with Gasteiger partial charge in [-0.1, -0.05) is 6.07 Å². The number of methoxy groups -OCH3 is 1. The first-order chi connectivity index (χ1) is 6.69. The maximum Gasteiger partial charge on any atom is 0.127 e. The van der Waals surface area contributed by atoms with Crippen LogP contribution in [0.5, 0.6) is 11.5 Å². The lowest BCUT2D eigenvalue weighted by Gasteiger charge is -2.14. The Bertz CT molecular complexity index is 307. The SMILES string of the molecule is COc1cc(O)ccc1C(N)CCO.Cl. The zero-order chi connectivity index (χ0) is 10.6. The summed E-state index contributed by atoms with van der Waals surface area (Å²) in [7, 11) is 1.52. The molecule has 4 N–H and O–H groups in total. The molecule has 1 atom stereocenters. The number of nitrogens with two attached hydrogens (primary N) is 1. The molecule has 0 fully saturated rings. The maximum atomic E-state index is 9.21. The standard InChI is InChI=1S/C10H15NO3.ClH/c1-14-10-6-7(13)2-3-8(10)9(11)4-5-12;/h2-3,6,9,12-13H,4-5,11H2,1H3;1H. The van der Waals surface area contributed by atoms with E-state index in [1.807, 2.05) is 0 Å². The van der Waals surface area contributed by atoms with E-state index in [9.17, 15) is 5.11 Å². The van der Waals surface area contributed by atoms with Crippen LogP contribution < -0.4 is 10.5 Å². The van der Waals surface area contributed by atoms with Gasteiger partial charge in [-0.3, -0.25) is 0 Å². The van der Waals surface area contributed by atoms with Crippen LogP contribution in [0.25, 0.3) is 0 Å². The minimum Gasteiger partial charge on any atom is -0.508 e. The summed E-state index contributed by atoms with van der Waals surface area (Å²) in [5.41, 5.74) is 6.60. The summed E-state index contributed by atoms with van der Waals surface area (Å²) >= 11 is 0. The van der Waals surface area contributed by atoms with Crippen LogP contribution in [-0.4, -0.2) is 23.9 Å². The number of ether oxygens (including phenoxy) is 1. The minimum absolute atomic E-state index is 0. The molecular formula is C10H16ClNO3. The minimum atomic E-state index is -0.268. The number of phenolic OH excluding ortho intramolecular Hbond substituents is 1. The monoisotopic (exact) mass is 233 g/mol. The fraction of sp³-hybridized carbons (Fsp3) is 0.400. The Morgan fingerprint density at radius 3 is 2.67 bits per heavy atom. The normalized spacial score (nSPS) is 11.7. The second kappa shape index (κ2) is 6.50. The van der Waals surface area contributed by atoms with Crippen molar-refractivity contribution in [2.45, 2.75) is 12.5 Å². The quantitative estimate of drug-likeness (QED) is 0.731. The number of hydrogen-bond acceptors (Lipinski definition) is 4. The third-order valence-electron chi connectivity index (χ3n) is 2.06. The number of benzene rings is 1. The molecule has 1 aromatic rings. The van der Waals surface area contributed by atoms with Crippen molar-refractivity contribution in [3.8, 4) is 11.5 Å². The Labute approximate surface area is 95.1 Å². The van der Waals surface area contributed by atoms with Crippen molar-refractivity contribution in [1.82, 2.24) is 0 Å². The van der Waals surface area contributed by atoms with E-state index in [4.69, 9.17) is 15.6 Å². The summed E-state index contributed by atoms with van der Waals surface area (Å²) in [6.07, 6.45) is 0.473. The van der Waals surface area contributed by atoms with Gasteiger partial charge in [0.2, 0.25) is 0 Å². The summed E-state index contributed by atoms with van der Waals surface area (Å²) < 4.78 is 5.07. The number of aromatic hydroxyl groups is 1. The van der Waals surface area contributed by atoms with Crippen LogP contribution >= 0.6 is 12.4 Å². The van der Waals surface area contributed by atoms with Crippen LogP contribution in [0.1, 0.15) is 18.0 Å². The van der Waals surface area contributed by atoms with Crippen molar-refractivity contribution in [2.24, 2.45) is 5.73 Å². The van der Waals surface area contributed by atoms with Gasteiger partial charge in [-0.25, -0.2) is 0 Å². The van der Waals surface area contributed by atoms with Crippen LogP contribution in [0.4, 0.5) is 0 Å². The third-order valence-corrected chi connectivity index (χ3v) is 2.06. The van der Waals surface area contributed by atoms with E-state index in [-0.39, 0.29) is 30.8 Å². The maximum absolute atomic E-state index is 9.21. The van der Waals surface area contributed by atoms with Crippen LogP contribution in [0.15, 0.2) is 18.2 Å². The van der Waals surface area contributed by atoms with Gasteiger partial charge in [-0.2, -0.15) is 0 Å². The average molecular weight is 234 g/mol. The number of hydrogen-bond donors (Lipinski definition) is 3. The first-order valence-electron chi connectivity index (χ1n) is 4.42. The van der Waals surface area contributed by atoms with E-state index in [0.717, 1.165) is 5.56 Å². The summed E-state index contributed by atoms with van der Waals surface area (Å²) in [6, 6.07) is 4.49. The van der Waals surface area contributed by atoms with Crippen LogP contribution in [-0.2, 0) is 0 Å². The summed E-state index contributed by atoms with van der Waals surface area (Å²) in [4.78, 5) is 0. The largest absolute Gasteiger partial charge is 0.508 e. The molecule has 0 heterocycles. The van der Waals surface area contributed by atoms with Gasteiger partial charge in [0.1, 0.15) is 11.5 Å². The molecule has 4 nitrogen and oxygen atoms in total. The smallest absolute Gasteiger partial charge is 0.127 e. The number of aliphatic hydroxyl groups is 1. The van der Waals surface area contributed by atoms with E-state index in [1.165, 1.54) is 13.2 Å². The van der Waals surface area contributed by atoms with Crippen molar-refractivity contribution in [2.75, 3.05) is 13.7 Å². The zero-order valence-corrected chi connectivity index (χ0v) is 9.33. The average Bonchev–Trinajstić information content (AvgIpc) is 2.17.